The van der Waals surface area contributed by atoms with E-state index in [4.69, 9.17) is 9.84 Å². The van der Waals surface area contributed by atoms with Crippen molar-refractivity contribution in [3.63, 3.8) is 0 Å². The second-order valence-corrected chi connectivity index (χ2v) is 4.40. The summed E-state index contributed by atoms with van der Waals surface area (Å²) in [4.78, 5) is 4.49. The maximum Gasteiger partial charge on any atom is 0.129 e. The molecule has 0 aliphatic carbocycles. The van der Waals surface area contributed by atoms with Crippen LogP contribution in [0.3, 0.4) is 0 Å². The lowest BCUT2D eigenvalue weighted by Gasteiger charge is -2.07. The molecule has 0 spiro atoms. The Kier molecular flexibility index (Phi) is 4.12. The average Bonchev–Trinajstić information content (AvgIpc) is 2.79. The number of aliphatic hydroxyl groups is 1. The first-order valence-corrected chi connectivity index (χ1v) is 6.50. The molecule has 0 fully saturated rings. The fourth-order valence-electron chi connectivity index (χ4n) is 1.58. The SMILES string of the molecule is CCOc1ccccc1-c1nc(CCO)cs1. The highest BCUT2D eigenvalue weighted by Gasteiger charge is 2.09. The molecular formula is C13H15NO2S. The van der Waals surface area contributed by atoms with Crippen LogP contribution in [0.2, 0.25) is 0 Å². The van der Waals surface area contributed by atoms with E-state index in [2.05, 4.69) is 4.98 Å². The zero-order valence-corrected chi connectivity index (χ0v) is 10.5. The van der Waals surface area contributed by atoms with E-state index in [1.165, 1.54) is 0 Å². The van der Waals surface area contributed by atoms with Crippen LogP contribution in [0.1, 0.15) is 12.6 Å². The fraction of sp³-hybridized carbons (Fsp3) is 0.308. The average molecular weight is 249 g/mol. The van der Waals surface area contributed by atoms with Gasteiger partial charge in [0, 0.05) is 18.4 Å². The van der Waals surface area contributed by atoms with Crippen LogP contribution in [0.15, 0.2) is 29.6 Å². The van der Waals surface area contributed by atoms with Gasteiger partial charge in [0.2, 0.25) is 0 Å². The van der Waals surface area contributed by atoms with Gasteiger partial charge in [0.05, 0.1) is 17.9 Å². The Morgan fingerprint density at radius 3 is 2.94 bits per heavy atom. The number of rotatable bonds is 5. The molecule has 0 radical (unpaired) electrons. The minimum absolute atomic E-state index is 0.135. The van der Waals surface area contributed by atoms with Crippen LogP contribution in [0.5, 0.6) is 5.75 Å². The molecule has 3 nitrogen and oxygen atoms in total. The molecule has 17 heavy (non-hydrogen) atoms. The Morgan fingerprint density at radius 2 is 2.18 bits per heavy atom. The third-order valence-corrected chi connectivity index (χ3v) is 3.26. The quantitative estimate of drug-likeness (QED) is 0.886. The normalized spacial score (nSPS) is 10.5. The number of hydrogen-bond donors (Lipinski definition) is 1. The first kappa shape index (κ1) is 12.1. The van der Waals surface area contributed by atoms with Crippen molar-refractivity contribution in [2.75, 3.05) is 13.2 Å². The first-order chi connectivity index (χ1) is 8.35. The molecule has 0 amide bonds. The van der Waals surface area contributed by atoms with Gasteiger partial charge in [-0.05, 0) is 19.1 Å². The van der Waals surface area contributed by atoms with Crippen molar-refractivity contribution < 1.29 is 9.84 Å². The topological polar surface area (TPSA) is 42.4 Å². The number of aliphatic hydroxyl groups excluding tert-OH is 1. The maximum absolute atomic E-state index is 8.88. The Bertz CT molecular complexity index is 482. The molecule has 0 aliphatic rings. The van der Waals surface area contributed by atoms with E-state index in [0.29, 0.717) is 13.0 Å². The van der Waals surface area contributed by atoms with Crippen LogP contribution in [0.4, 0.5) is 0 Å². The van der Waals surface area contributed by atoms with Gasteiger partial charge in [0.25, 0.3) is 0 Å². The Labute approximate surface area is 105 Å². The molecule has 0 aliphatic heterocycles. The number of nitrogens with zero attached hydrogens (tertiary/aromatic N) is 1. The summed E-state index contributed by atoms with van der Waals surface area (Å²) in [5, 5.41) is 11.8. The smallest absolute Gasteiger partial charge is 0.129 e. The highest BCUT2D eigenvalue weighted by molar-refractivity contribution is 7.13. The van der Waals surface area contributed by atoms with E-state index in [9.17, 15) is 0 Å². The van der Waals surface area contributed by atoms with E-state index in [1.807, 2.05) is 36.6 Å². The van der Waals surface area contributed by atoms with Crippen molar-refractivity contribution in [1.29, 1.82) is 0 Å². The van der Waals surface area contributed by atoms with Gasteiger partial charge in [-0.15, -0.1) is 11.3 Å². The Hall–Kier alpha value is -1.39. The molecule has 2 aromatic rings. The van der Waals surface area contributed by atoms with E-state index in [-0.39, 0.29) is 6.61 Å². The minimum Gasteiger partial charge on any atom is -0.493 e. The lowest BCUT2D eigenvalue weighted by Crippen LogP contribution is -1.94. The van der Waals surface area contributed by atoms with Gasteiger partial charge in [-0.3, -0.25) is 0 Å². The number of benzene rings is 1. The second-order valence-electron chi connectivity index (χ2n) is 3.55. The summed E-state index contributed by atoms with van der Waals surface area (Å²) in [5.74, 6) is 0.861. The predicted octanol–water partition coefficient (Wildman–Crippen LogP) is 2.74. The van der Waals surface area contributed by atoms with Gasteiger partial charge >= 0.3 is 0 Å². The lowest BCUT2D eigenvalue weighted by molar-refractivity contribution is 0.298. The number of hydrogen-bond acceptors (Lipinski definition) is 4. The first-order valence-electron chi connectivity index (χ1n) is 5.62. The number of para-hydroxylation sites is 1. The molecule has 0 saturated carbocycles. The van der Waals surface area contributed by atoms with Crippen LogP contribution in [-0.2, 0) is 6.42 Å². The molecule has 0 unspecified atom stereocenters. The third kappa shape index (κ3) is 2.84. The summed E-state index contributed by atoms with van der Waals surface area (Å²) < 4.78 is 5.58. The number of aromatic nitrogens is 1. The molecule has 4 heteroatoms. The van der Waals surface area contributed by atoms with Crippen LogP contribution < -0.4 is 4.74 Å². The molecule has 90 valence electrons. The van der Waals surface area contributed by atoms with Crippen molar-refractivity contribution in [1.82, 2.24) is 4.98 Å². The minimum atomic E-state index is 0.135. The van der Waals surface area contributed by atoms with Gasteiger partial charge in [0.1, 0.15) is 10.8 Å². The maximum atomic E-state index is 8.88. The third-order valence-electron chi connectivity index (χ3n) is 2.34. The lowest BCUT2D eigenvalue weighted by atomic mass is 10.2. The molecule has 1 N–H and O–H groups in total. The summed E-state index contributed by atoms with van der Waals surface area (Å²) in [7, 11) is 0. The standard InChI is InChI=1S/C13H15NO2S/c1-2-16-12-6-4-3-5-11(12)13-14-10(7-8-15)9-17-13/h3-6,9,15H,2,7-8H2,1H3. The number of ether oxygens (including phenoxy) is 1. The van der Waals surface area contributed by atoms with Gasteiger partial charge in [-0.1, -0.05) is 12.1 Å². The van der Waals surface area contributed by atoms with Crippen molar-refractivity contribution in [2.45, 2.75) is 13.3 Å². The summed E-state index contributed by atoms with van der Waals surface area (Å²) in [6.45, 7) is 2.75. The summed E-state index contributed by atoms with van der Waals surface area (Å²) >= 11 is 1.58. The molecule has 1 aromatic heterocycles. The molecule has 1 aromatic carbocycles. The summed E-state index contributed by atoms with van der Waals surface area (Å²) in [6.07, 6.45) is 0.604. The van der Waals surface area contributed by atoms with E-state index in [0.717, 1.165) is 22.0 Å². The van der Waals surface area contributed by atoms with Crippen molar-refractivity contribution in [3.8, 4) is 16.3 Å². The van der Waals surface area contributed by atoms with Gasteiger partial charge in [-0.2, -0.15) is 0 Å². The summed E-state index contributed by atoms with van der Waals surface area (Å²) in [5.41, 5.74) is 1.95. The fourth-order valence-corrected chi connectivity index (χ4v) is 2.47. The van der Waals surface area contributed by atoms with Crippen molar-refractivity contribution >= 4 is 11.3 Å². The van der Waals surface area contributed by atoms with Crippen molar-refractivity contribution in [2.24, 2.45) is 0 Å². The largest absolute Gasteiger partial charge is 0.493 e. The van der Waals surface area contributed by atoms with Crippen LogP contribution >= 0.6 is 11.3 Å². The van der Waals surface area contributed by atoms with Gasteiger partial charge in [-0.25, -0.2) is 4.98 Å². The van der Waals surface area contributed by atoms with E-state index < -0.39 is 0 Å². The van der Waals surface area contributed by atoms with Gasteiger partial charge < -0.3 is 9.84 Å². The Balaban J connectivity index is 2.31. The van der Waals surface area contributed by atoms with Crippen molar-refractivity contribution in [3.05, 3.63) is 35.3 Å². The van der Waals surface area contributed by atoms with E-state index >= 15 is 0 Å². The van der Waals surface area contributed by atoms with Crippen LogP contribution in [0.25, 0.3) is 10.6 Å². The molecule has 2 rings (SSSR count). The number of thiazole rings is 1. The zero-order chi connectivity index (χ0) is 12.1. The zero-order valence-electron chi connectivity index (χ0n) is 9.72. The molecule has 0 atom stereocenters. The monoisotopic (exact) mass is 249 g/mol. The molecular weight excluding hydrogens is 234 g/mol. The molecule has 0 saturated heterocycles. The summed E-state index contributed by atoms with van der Waals surface area (Å²) in [6, 6.07) is 7.89. The molecule has 0 bridgehead atoms. The van der Waals surface area contributed by atoms with Crippen LogP contribution in [-0.4, -0.2) is 23.3 Å². The second kappa shape index (κ2) is 5.80. The van der Waals surface area contributed by atoms with Crippen LogP contribution in [0, 0.1) is 0 Å². The molecule has 1 heterocycles. The van der Waals surface area contributed by atoms with E-state index in [1.54, 1.807) is 11.3 Å². The predicted molar refractivity (Wildman–Crippen MR) is 69.5 cm³/mol. The highest BCUT2D eigenvalue weighted by Crippen LogP contribution is 2.32. The van der Waals surface area contributed by atoms with Gasteiger partial charge in [0.15, 0.2) is 0 Å². The highest BCUT2D eigenvalue weighted by atomic mass is 32.1. The Morgan fingerprint density at radius 1 is 1.35 bits per heavy atom.